The zero-order valence-electron chi connectivity index (χ0n) is 12.1. The van der Waals surface area contributed by atoms with Crippen LogP contribution in [0.2, 0.25) is 0 Å². The molecule has 0 saturated carbocycles. The fourth-order valence-corrected chi connectivity index (χ4v) is 2.29. The Morgan fingerprint density at radius 2 is 2.00 bits per heavy atom. The van der Waals surface area contributed by atoms with E-state index in [9.17, 15) is 9.59 Å². The first-order valence-electron chi connectivity index (χ1n) is 6.73. The molecule has 0 fully saturated rings. The smallest absolute Gasteiger partial charge is 0.325 e. The Bertz CT molecular complexity index is 526. The van der Waals surface area contributed by atoms with Gasteiger partial charge in [-0.25, -0.2) is 0 Å². The van der Waals surface area contributed by atoms with Crippen molar-refractivity contribution in [2.45, 2.75) is 33.0 Å². The molecule has 0 aliphatic carbocycles. The van der Waals surface area contributed by atoms with Gasteiger partial charge in [0.15, 0.2) is 0 Å². The molecule has 1 aliphatic heterocycles. The number of nitrogens with one attached hydrogen (secondary N) is 1. The Morgan fingerprint density at radius 1 is 1.30 bits per heavy atom. The molecule has 5 nitrogen and oxygen atoms in total. The van der Waals surface area contributed by atoms with E-state index in [-0.39, 0.29) is 18.5 Å². The third kappa shape index (κ3) is 2.99. The van der Waals surface area contributed by atoms with Gasteiger partial charge >= 0.3 is 5.97 Å². The second-order valence-corrected chi connectivity index (χ2v) is 5.19. The number of ether oxygens (including phenoxy) is 1. The zero-order valence-corrected chi connectivity index (χ0v) is 12.1. The number of rotatable bonds is 4. The lowest BCUT2D eigenvalue weighted by molar-refractivity contribution is -0.141. The van der Waals surface area contributed by atoms with Crippen molar-refractivity contribution in [3.8, 4) is 0 Å². The highest BCUT2D eigenvalue weighted by Gasteiger charge is 2.23. The van der Waals surface area contributed by atoms with E-state index < -0.39 is 5.97 Å². The van der Waals surface area contributed by atoms with Crippen LogP contribution >= 0.6 is 0 Å². The van der Waals surface area contributed by atoms with Crippen molar-refractivity contribution < 1.29 is 14.3 Å². The van der Waals surface area contributed by atoms with Crippen molar-refractivity contribution in [2.75, 3.05) is 13.7 Å². The van der Waals surface area contributed by atoms with E-state index in [1.807, 2.05) is 32.0 Å². The van der Waals surface area contributed by atoms with Crippen LogP contribution in [0.5, 0.6) is 0 Å². The summed E-state index contributed by atoms with van der Waals surface area (Å²) in [6.45, 7) is 5.38. The molecular weight excluding hydrogens is 256 g/mol. The molecule has 20 heavy (non-hydrogen) atoms. The van der Waals surface area contributed by atoms with Gasteiger partial charge in [-0.05, 0) is 37.1 Å². The third-order valence-corrected chi connectivity index (χ3v) is 3.50. The average Bonchev–Trinajstić information content (AvgIpc) is 2.90. The number of methoxy groups -OCH3 is 1. The maximum Gasteiger partial charge on any atom is 0.325 e. The fraction of sp³-hybridized carbons (Fsp3) is 0.467. The molecule has 0 spiro atoms. The van der Waals surface area contributed by atoms with E-state index >= 15 is 0 Å². The SMILES string of the molecule is COC(=O)CN(C(=O)c1ccc2c(c1)CNC2)C(C)C. The molecule has 1 aromatic carbocycles. The molecule has 0 unspecified atom stereocenters. The minimum absolute atomic E-state index is 0.0255. The number of hydrogen-bond donors (Lipinski definition) is 1. The van der Waals surface area contributed by atoms with Crippen molar-refractivity contribution in [1.29, 1.82) is 0 Å². The summed E-state index contributed by atoms with van der Waals surface area (Å²) in [5, 5.41) is 3.25. The Kier molecular flexibility index (Phi) is 4.39. The molecule has 0 atom stereocenters. The molecule has 108 valence electrons. The monoisotopic (exact) mass is 276 g/mol. The van der Waals surface area contributed by atoms with Gasteiger partial charge in [0.1, 0.15) is 6.54 Å². The lowest BCUT2D eigenvalue weighted by Crippen LogP contribution is -2.41. The summed E-state index contributed by atoms with van der Waals surface area (Å²) in [6.07, 6.45) is 0. The third-order valence-electron chi connectivity index (χ3n) is 3.50. The lowest BCUT2D eigenvalue weighted by atomic mass is 10.1. The first kappa shape index (κ1) is 14.5. The van der Waals surface area contributed by atoms with Crippen LogP contribution < -0.4 is 5.32 Å². The van der Waals surface area contributed by atoms with Gasteiger partial charge in [-0.1, -0.05) is 6.07 Å². The predicted molar refractivity (Wildman–Crippen MR) is 75.2 cm³/mol. The summed E-state index contributed by atoms with van der Waals surface area (Å²) in [5.41, 5.74) is 2.99. The standard InChI is InChI=1S/C15H20N2O3/c1-10(2)17(9-14(18)20-3)15(19)11-4-5-12-7-16-8-13(12)6-11/h4-6,10,16H,7-9H2,1-3H3. The number of esters is 1. The van der Waals surface area contributed by atoms with Gasteiger partial charge in [0.25, 0.3) is 5.91 Å². The highest BCUT2D eigenvalue weighted by atomic mass is 16.5. The molecule has 1 aromatic rings. The normalized spacial score (nSPS) is 13.2. The van der Waals surface area contributed by atoms with Crippen molar-refractivity contribution in [3.63, 3.8) is 0 Å². The number of benzene rings is 1. The number of carbonyl (C=O) groups is 2. The number of fused-ring (bicyclic) bond motifs is 1. The lowest BCUT2D eigenvalue weighted by Gasteiger charge is -2.25. The molecule has 0 aromatic heterocycles. The zero-order chi connectivity index (χ0) is 14.7. The number of hydrogen-bond acceptors (Lipinski definition) is 4. The summed E-state index contributed by atoms with van der Waals surface area (Å²) in [5.74, 6) is -0.546. The minimum Gasteiger partial charge on any atom is -0.468 e. The van der Waals surface area contributed by atoms with Crippen molar-refractivity contribution >= 4 is 11.9 Å². The Balaban J connectivity index is 2.21. The van der Waals surface area contributed by atoms with Crippen LogP contribution in [0.1, 0.15) is 35.3 Å². The molecule has 5 heteroatoms. The van der Waals surface area contributed by atoms with Gasteiger partial charge in [-0.15, -0.1) is 0 Å². The van der Waals surface area contributed by atoms with Gasteiger partial charge in [0.2, 0.25) is 0 Å². The van der Waals surface area contributed by atoms with Gasteiger partial charge in [0.05, 0.1) is 7.11 Å². The van der Waals surface area contributed by atoms with E-state index in [1.165, 1.54) is 17.6 Å². The second kappa shape index (κ2) is 6.05. The maximum atomic E-state index is 12.5. The average molecular weight is 276 g/mol. The van der Waals surface area contributed by atoms with Crippen molar-refractivity contribution in [2.24, 2.45) is 0 Å². The molecule has 0 bridgehead atoms. The highest BCUT2D eigenvalue weighted by molar-refractivity contribution is 5.96. The maximum absolute atomic E-state index is 12.5. The van der Waals surface area contributed by atoms with E-state index in [1.54, 1.807) is 0 Å². The van der Waals surface area contributed by atoms with E-state index in [0.29, 0.717) is 5.56 Å². The number of amides is 1. The fourth-order valence-electron chi connectivity index (χ4n) is 2.29. The molecular formula is C15H20N2O3. The predicted octanol–water partition coefficient (Wildman–Crippen LogP) is 1.31. The van der Waals surface area contributed by atoms with Crippen LogP contribution in [0.25, 0.3) is 0 Å². The van der Waals surface area contributed by atoms with Gasteiger partial charge < -0.3 is 15.0 Å². The summed E-state index contributed by atoms with van der Waals surface area (Å²) in [6, 6.07) is 5.64. The highest BCUT2D eigenvalue weighted by Crippen LogP contribution is 2.18. The summed E-state index contributed by atoms with van der Waals surface area (Å²) >= 11 is 0. The van der Waals surface area contributed by atoms with Crippen LogP contribution in [-0.2, 0) is 22.6 Å². The van der Waals surface area contributed by atoms with Gasteiger partial charge in [-0.2, -0.15) is 0 Å². The van der Waals surface area contributed by atoms with Crippen LogP contribution in [0, 0.1) is 0 Å². The summed E-state index contributed by atoms with van der Waals surface area (Å²) in [7, 11) is 1.33. The summed E-state index contributed by atoms with van der Waals surface area (Å²) in [4.78, 5) is 25.5. The van der Waals surface area contributed by atoms with Crippen molar-refractivity contribution in [1.82, 2.24) is 10.2 Å². The van der Waals surface area contributed by atoms with E-state index in [4.69, 9.17) is 0 Å². The minimum atomic E-state index is -0.408. The quantitative estimate of drug-likeness (QED) is 0.843. The Morgan fingerprint density at radius 3 is 2.65 bits per heavy atom. The van der Waals surface area contributed by atoms with Crippen LogP contribution in [0.3, 0.4) is 0 Å². The number of carbonyl (C=O) groups excluding carboxylic acids is 2. The molecule has 1 N–H and O–H groups in total. The Hall–Kier alpha value is -1.88. The Labute approximate surface area is 118 Å². The number of nitrogens with zero attached hydrogens (tertiary/aromatic N) is 1. The molecule has 1 heterocycles. The van der Waals surface area contributed by atoms with Crippen molar-refractivity contribution in [3.05, 3.63) is 34.9 Å². The topological polar surface area (TPSA) is 58.6 Å². The second-order valence-electron chi connectivity index (χ2n) is 5.19. The molecule has 1 aliphatic rings. The van der Waals surface area contributed by atoms with Gasteiger partial charge in [-0.3, -0.25) is 9.59 Å². The largest absolute Gasteiger partial charge is 0.468 e. The first-order chi connectivity index (χ1) is 9.52. The van der Waals surface area contributed by atoms with E-state index in [0.717, 1.165) is 18.7 Å². The molecule has 0 radical (unpaired) electrons. The summed E-state index contributed by atoms with van der Waals surface area (Å²) < 4.78 is 4.65. The molecule has 1 amide bonds. The molecule has 2 rings (SSSR count). The van der Waals surface area contributed by atoms with E-state index in [2.05, 4.69) is 10.1 Å². The van der Waals surface area contributed by atoms with Gasteiger partial charge in [0, 0.05) is 24.7 Å². The molecule has 0 saturated heterocycles. The van der Waals surface area contributed by atoms with Crippen LogP contribution in [-0.4, -0.2) is 36.5 Å². The first-order valence-corrected chi connectivity index (χ1v) is 6.73. The van der Waals surface area contributed by atoms with Crippen LogP contribution in [0.4, 0.5) is 0 Å². The van der Waals surface area contributed by atoms with Crippen LogP contribution in [0.15, 0.2) is 18.2 Å².